The first kappa shape index (κ1) is 14.6. The average Bonchev–Trinajstić information content (AvgIpc) is 2.38. The van der Waals surface area contributed by atoms with Gasteiger partial charge in [0, 0.05) is 37.6 Å². The molecule has 0 amide bonds. The molecule has 0 fully saturated rings. The third kappa shape index (κ3) is 4.45. The van der Waals surface area contributed by atoms with E-state index in [1.165, 1.54) is 5.56 Å². The van der Waals surface area contributed by atoms with E-state index in [1.54, 1.807) is 0 Å². The minimum atomic E-state index is 0.786. The van der Waals surface area contributed by atoms with Crippen LogP contribution in [0.3, 0.4) is 0 Å². The van der Waals surface area contributed by atoms with Crippen LogP contribution in [0.25, 0.3) is 0 Å². The molecule has 1 heterocycles. The van der Waals surface area contributed by atoms with Crippen molar-refractivity contribution in [3.63, 3.8) is 0 Å². The topological polar surface area (TPSA) is 41.1 Å². The molecule has 0 saturated heterocycles. The second kappa shape index (κ2) is 7.82. The van der Waals surface area contributed by atoms with Gasteiger partial charge in [-0.1, -0.05) is 13.0 Å². The van der Waals surface area contributed by atoms with Crippen molar-refractivity contribution in [3.05, 3.63) is 30.1 Å². The standard InChI is InChI=1S/C14H24N4/c1-5-7-9-18(4)14-16-11-13(12(3)17-14)10-15-8-6-2/h5,11,15H,1,6-10H2,2-4H3. The van der Waals surface area contributed by atoms with E-state index in [1.807, 2.05) is 26.2 Å². The molecule has 0 atom stereocenters. The van der Waals surface area contributed by atoms with Gasteiger partial charge in [-0.2, -0.15) is 0 Å². The number of hydrogen-bond acceptors (Lipinski definition) is 4. The van der Waals surface area contributed by atoms with Crippen LogP contribution in [0.15, 0.2) is 18.9 Å². The third-order valence-corrected chi connectivity index (χ3v) is 2.82. The lowest BCUT2D eigenvalue weighted by molar-refractivity contribution is 0.667. The Bertz CT molecular complexity index is 376. The van der Waals surface area contributed by atoms with Crippen LogP contribution >= 0.6 is 0 Å². The van der Waals surface area contributed by atoms with E-state index in [4.69, 9.17) is 0 Å². The van der Waals surface area contributed by atoms with Crippen molar-refractivity contribution < 1.29 is 0 Å². The van der Waals surface area contributed by atoms with E-state index in [0.29, 0.717) is 0 Å². The second-order valence-electron chi connectivity index (χ2n) is 4.46. The third-order valence-electron chi connectivity index (χ3n) is 2.82. The van der Waals surface area contributed by atoms with E-state index >= 15 is 0 Å². The predicted octanol–water partition coefficient (Wildman–Crippen LogP) is 2.30. The van der Waals surface area contributed by atoms with Crippen LogP contribution in [0.1, 0.15) is 31.0 Å². The zero-order chi connectivity index (χ0) is 13.4. The zero-order valence-electron chi connectivity index (χ0n) is 11.7. The molecule has 0 aliphatic carbocycles. The van der Waals surface area contributed by atoms with Gasteiger partial charge in [0.15, 0.2) is 0 Å². The molecule has 4 nitrogen and oxygen atoms in total. The molecule has 0 aliphatic rings. The van der Waals surface area contributed by atoms with Gasteiger partial charge < -0.3 is 10.2 Å². The normalized spacial score (nSPS) is 10.4. The monoisotopic (exact) mass is 248 g/mol. The molecule has 100 valence electrons. The molecule has 0 spiro atoms. The molecule has 0 radical (unpaired) electrons. The Balaban J connectivity index is 2.63. The van der Waals surface area contributed by atoms with Crippen LogP contribution in [0.2, 0.25) is 0 Å². The molecule has 0 saturated carbocycles. The van der Waals surface area contributed by atoms with Gasteiger partial charge in [-0.3, -0.25) is 0 Å². The molecular formula is C14H24N4. The van der Waals surface area contributed by atoms with Crippen LogP contribution in [-0.4, -0.2) is 30.1 Å². The first-order valence-electron chi connectivity index (χ1n) is 6.54. The molecule has 1 rings (SSSR count). The highest BCUT2D eigenvalue weighted by Gasteiger charge is 2.06. The van der Waals surface area contributed by atoms with E-state index in [2.05, 4.69) is 33.7 Å². The van der Waals surface area contributed by atoms with Crippen molar-refractivity contribution in [1.29, 1.82) is 0 Å². The number of aromatic nitrogens is 2. The van der Waals surface area contributed by atoms with Crippen LogP contribution in [-0.2, 0) is 6.54 Å². The quantitative estimate of drug-likeness (QED) is 0.566. The maximum atomic E-state index is 4.55. The maximum absolute atomic E-state index is 4.55. The Morgan fingerprint density at radius 2 is 2.28 bits per heavy atom. The van der Waals surface area contributed by atoms with Crippen molar-refractivity contribution in [3.8, 4) is 0 Å². The lowest BCUT2D eigenvalue weighted by Crippen LogP contribution is -2.22. The largest absolute Gasteiger partial charge is 0.344 e. The number of nitrogens with zero attached hydrogens (tertiary/aromatic N) is 3. The predicted molar refractivity (Wildman–Crippen MR) is 76.9 cm³/mol. The summed E-state index contributed by atoms with van der Waals surface area (Å²) >= 11 is 0. The van der Waals surface area contributed by atoms with Crippen LogP contribution in [0.4, 0.5) is 5.95 Å². The van der Waals surface area contributed by atoms with Gasteiger partial charge in [-0.25, -0.2) is 9.97 Å². The number of hydrogen-bond donors (Lipinski definition) is 1. The van der Waals surface area contributed by atoms with E-state index in [0.717, 1.165) is 44.1 Å². The zero-order valence-corrected chi connectivity index (χ0v) is 11.7. The summed E-state index contributed by atoms with van der Waals surface area (Å²) in [5.74, 6) is 0.786. The summed E-state index contributed by atoms with van der Waals surface area (Å²) in [6, 6.07) is 0. The highest BCUT2D eigenvalue weighted by Crippen LogP contribution is 2.10. The lowest BCUT2D eigenvalue weighted by Gasteiger charge is -2.17. The minimum Gasteiger partial charge on any atom is -0.344 e. The summed E-state index contributed by atoms with van der Waals surface area (Å²) in [5, 5.41) is 3.37. The number of rotatable bonds is 8. The fraction of sp³-hybridized carbons (Fsp3) is 0.571. The van der Waals surface area contributed by atoms with Gasteiger partial charge in [0.1, 0.15) is 0 Å². The van der Waals surface area contributed by atoms with Crippen molar-refractivity contribution in [1.82, 2.24) is 15.3 Å². The molecule has 1 N–H and O–H groups in total. The van der Waals surface area contributed by atoms with Gasteiger partial charge in [0.05, 0.1) is 0 Å². The SMILES string of the molecule is C=CCCN(C)c1ncc(CNCCC)c(C)n1. The summed E-state index contributed by atoms with van der Waals surface area (Å²) in [6.45, 7) is 10.7. The van der Waals surface area contributed by atoms with Gasteiger partial charge in [0.25, 0.3) is 0 Å². The molecule has 1 aromatic rings. The Morgan fingerprint density at radius 1 is 1.50 bits per heavy atom. The average molecular weight is 248 g/mol. The van der Waals surface area contributed by atoms with Crippen molar-refractivity contribution in [2.24, 2.45) is 0 Å². The Hall–Kier alpha value is -1.42. The van der Waals surface area contributed by atoms with E-state index in [-0.39, 0.29) is 0 Å². The molecular weight excluding hydrogens is 224 g/mol. The highest BCUT2D eigenvalue weighted by molar-refractivity contribution is 5.31. The number of aryl methyl sites for hydroxylation is 1. The van der Waals surface area contributed by atoms with Gasteiger partial charge >= 0.3 is 0 Å². The first-order valence-corrected chi connectivity index (χ1v) is 6.54. The Kier molecular flexibility index (Phi) is 6.36. The summed E-state index contributed by atoms with van der Waals surface area (Å²) in [7, 11) is 2.01. The lowest BCUT2D eigenvalue weighted by atomic mass is 10.2. The smallest absolute Gasteiger partial charge is 0.225 e. The number of anilines is 1. The molecule has 0 unspecified atom stereocenters. The van der Waals surface area contributed by atoms with Crippen molar-refractivity contribution in [2.45, 2.75) is 33.2 Å². The van der Waals surface area contributed by atoms with Crippen LogP contribution in [0.5, 0.6) is 0 Å². The maximum Gasteiger partial charge on any atom is 0.225 e. The van der Waals surface area contributed by atoms with E-state index < -0.39 is 0 Å². The van der Waals surface area contributed by atoms with Crippen molar-refractivity contribution >= 4 is 5.95 Å². The second-order valence-corrected chi connectivity index (χ2v) is 4.46. The number of nitrogens with one attached hydrogen (secondary N) is 1. The van der Waals surface area contributed by atoms with Gasteiger partial charge in [0.2, 0.25) is 5.95 Å². The minimum absolute atomic E-state index is 0.786. The van der Waals surface area contributed by atoms with Crippen LogP contribution in [0, 0.1) is 6.92 Å². The fourth-order valence-electron chi connectivity index (χ4n) is 1.62. The summed E-state index contributed by atoms with van der Waals surface area (Å²) < 4.78 is 0. The summed E-state index contributed by atoms with van der Waals surface area (Å²) in [4.78, 5) is 11.0. The molecule has 1 aromatic heterocycles. The molecule has 18 heavy (non-hydrogen) atoms. The Labute approximate surface area is 110 Å². The highest BCUT2D eigenvalue weighted by atomic mass is 15.2. The fourth-order valence-corrected chi connectivity index (χ4v) is 1.62. The summed E-state index contributed by atoms with van der Waals surface area (Å²) in [5.41, 5.74) is 2.22. The van der Waals surface area contributed by atoms with Gasteiger partial charge in [-0.15, -0.1) is 6.58 Å². The summed E-state index contributed by atoms with van der Waals surface area (Å²) in [6.07, 6.45) is 5.91. The first-order chi connectivity index (χ1) is 8.69. The molecule has 0 aliphatic heterocycles. The van der Waals surface area contributed by atoms with Crippen LogP contribution < -0.4 is 10.2 Å². The molecule has 0 aromatic carbocycles. The molecule has 0 bridgehead atoms. The van der Waals surface area contributed by atoms with Crippen molar-refractivity contribution in [2.75, 3.05) is 25.0 Å². The molecule has 4 heteroatoms. The van der Waals surface area contributed by atoms with Gasteiger partial charge in [-0.05, 0) is 26.3 Å². The Morgan fingerprint density at radius 3 is 2.89 bits per heavy atom. The van der Waals surface area contributed by atoms with E-state index in [9.17, 15) is 0 Å².